The van der Waals surface area contributed by atoms with Crippen molar-refractivity contribution in [3.8, 4) is 0 Å². The minimum absolute atomic E-state index is 0.133. The third-order valence-electron chi connectivity index (χ3n) is 3.64. The molecule has 0 aromatic carbocycles. The maximum Gasteiger partial charge on any atom is 0.238 e. The third-order valence-corrected chi connectivity index (χ3v) is 3.64. The second-order valence-corrected chi connectivity index (χ2v) is 4.40. The molecule has 0 aromatic heterocycles. The van der Waals surface area contributed by atoms with Gasteiger partial charge in [-0.3, -0.25) is 0 Å². The smallest absolute Gasteiger partial charge is 0.211 e. The molecule has 0 nitrogen and oxygen atoms in total. The van der Waals surface area contributed by atoms with E-state index in [1.54, 1.807) is 0 Å². The Morgan fingerprint density at radius 2 is 2.00 bits per heavy atom. The lowest BCUT2D eigenvalue weighted by molar-refractivity contribution is 0.121. The van der Waals surface area contributed by atoms with Crippen LogP contribution in [0.5, 0.6) is 0 Å². The van der Waals surface area contributed by atoms with Crippen molar-refractivity contribution in [1.29, 1.82) is 0 Å². The Morgan fingerprint density at radius 3 is 2.50 bits per heavy atom. The summed E-state index contributed by atoms with van der Waals surface area (Å²) in [4.78, 5) is 0. The van der Waals surface area contributed by atoms with Crippen molar-refractivity contribution >= 4 is 0 Å². The van der Waals surface area contributed by atoms with E-state index in [4.69, 9.17) is 0 Å². The van der Waals surface area contributed by atoms with Gasteiger partial charge in [0, 0.05) is 6.42 Å². The van der Waals surface area contributed by atoms with E-state index in [1.807, 2.05) is 0 Å². The zero-order valence-electron chi connectivity index (χ0n) is 7.31. The van der Waals surface area contributed by atoms with Gasteiger partial charge in [-0.1, -0.05) is 6.42 Å². The van der Waals surface area contributed by atoms with Gasteiger partial charge in [-0.2, -0.15) is 0 Å². The molecule has 0 saturated heterocycles. The first-order valence-electron chi connectivity index (χ1n) is 5.04. The van der Waals surface area contributed by atoms with Crippen LogP contribution in [0.3, 0.4) is 0 Å². The van der Waals surface area contributed by atoms with Crippen LogP contribution >= 0.6 is 0 Å². The van der Waals surface area contributed by atoms with Gasteiger partial charge < -0.3 is 0 Å². The van der Waals surface area contributed by atoms with Crippen LogP contribution in [0.2, 0.25) is 0 Å². The van der Waals surface area contributed by atoms with E-state index in [1.165, 1.54) is 25.7 Å². The van der Waals surface area contributed by atoms with Gasteiger partial charge in [0.2, 0.25) is 6.43 Å². The van der Waals surface area contributed by atoms with Crippen LogP contribution in [0.1, 0.15) is 38.5 Å². The molecule has 0 heterocycles. The number of halogens is 2. The highest BCUT2D eigenvalue weighted by atomic mass is 19.3. The van der Waals surface area contributed by atoms with Gasteiger partial charge in [-0.15, -0.1) is 0 Å². The zero-order chi connectivity index (χ0) is 8.55. The number of hydrogen-bond acceptors (Lipinski definition) is 0. The van der Waals surface area contributed by atoms with E-state index >= 15 is 0 Å². The fourth-order valence-corrected chi connectivity index (χ4v) is 3.07. The predicted octanol–water partition coefficient (Wildman–Crippen LogP) is 3.47. The Hall–Kier alpha value is -0.140. The van der Waals surface area contributed by atoms with Crippen LogP contribution in [-0.2, 0) is 0 Å². The van der Waals surface area contributed by atoms with E-state index < -0.39 is 6.43 Å². The first-order chi connectivity index (χ1) is 5.75. The fourth-order valence-electron chi connectivity index (χ4n) is 3.07. The van der Waals surface area contributed by atoms with Crippen LogP contribution in [-0.4, -0.2) is 6.43 Å². The molecule has 3 unspecified atom stereocenters. The van der Waals surface area contributed by atoms with Gasteiger partial charge >= 0.3 is 0 Å². The van der Waals surface area contributed by atoms with E-state index in [9.17, 15) is 8.78 Å². The first-order valence-corrected chi connectivity index (χ1v) is 5.04. The van der Waals surface area contributed by atoms with Crippen LogP contribution in [0, 0.1) is 17.8 Å². The van der Waals surface area contributed by atoms with Crippen molar-refractivity contribution in [1.82, 2.24) is 0 Å². The quantitative estimate of drug-likeness (QED) is 0.614. The van der Waals surface area contributed by atoms with E-state index in [2.05, 4.69) is 0 Å². The molecule has 0 aromatic rings. The zero-order valence-corrected chi connectivity index (χ0v) is 7.31. The second kappa shape index (κ2) is 3.31. The maximum absolute atomic E-state index is 11.9. The molecule has 2 aliphatic carbocycles. The molecule has 2 saturated carbocycles. The summed E-state index contributed by atoms with van der Waals surface area (Å²) in [5, 5.41) is 0. The van der Waals surface area contributed by atoms with Crippen LogP contribution in [0.25, 0.3) is 0 Å². The van der Waals surface area contributed by atoms with Crippen molar-refractivity contribution < 1.29 is 8.78 Å². The highest BCUT2D eigenvalue weighted by molar-refractivity contribution is 4.89. The molecule has 0 amide bonds. The molecule has 0 radical (unpaired) electrons. The molecule has 2 fully saturated rings. The van der Waals surface area contributed by atoms with E-state index in [0.717, 1.165) is 18.3 Å². The molecule has 12 heavy (non-hydrogen) atoms. The molecule has 70 valence electrons. The summed E-state index contributed by atoms with van der Waals surface area (Å²) in [5.74, 6) is 2.36. The Labute approximate surface area is 72.3 Å². The summed E-state index contributed by atoms with van der Waals surface area (Å²) in [5.41, 5.74) is 0. The molecule has 2 heteroatoms. The lowest BCUT2D eigenvalue weighted by Crippen LogP contribution is -2.11. The third kappa shape index (κ3) is 1.62. The molecule has 2 rings (SSSR count). The number of fused-ring (bicyclic) bond motifs is 2. The van der Waals surface area contributed by atoms with Gasteiger partial charge in [0.05, 0.1) is 0 Å². The van der Waals surface area contributed by atoms with Gasteiger partial charge in [-0.05, 0) is 43.4 Å². The standard InChI is InChI=1S/C10H16F2/c11-10(12)4-3-9-6-7-1-2-8(9)5-7/h7-10H,1-6H2. The number of hydrogen-bond donors (Lipinski definition) is 0. The Balaban J connectivity index is 1.76. The van der Waals surface area contributed by atoms with Crippen LogP contribution < -0.4 is 0 Å². The average Bonchev–Trinajstić information content (AvgIpc) is 2.60. The molecular formula is C10H16F2. The Kier molecular flexibility index (Phi) is 2.33. The summed E-state index contributed by atoms with van der Waals surface area (Å²) >= 11 is 0. The maximum atomic E-state index is 11.9. The van der Waals surface area contributed by atoms with Crippen LogP contribution in [0.15, 0.2) is 0 Å². The monoisotopic (exact) mass is 174 g/mol. The first kappa shape index (κ1) is 8.46. The molecule has 0 spiro atoms. The van der Waals surface area contributed by atoms with Crippen LogP contribution in [0.4, 0.5) is 8.78 Å². The van der Waals surface area contributed by atoms with E-state index in [-0.39, 0.29) is 6.42 Å². The van der Waals surface area contributed by atoms with E-state index in [0.29, 0.717) is 5.92 Å². The van der Waals surface area contributed by atoms with Crippen molar-refractivity contribution in [3.63, 3.8) is 0 Å². The topological polar surface area (TPSA) is 0 Å². The van der Waals surface area contributed by atoms with Gasteiger partial charge in [0.25, 0.3) is 0 Å². The molecule has 0 N–H and O–H groups in total. The fraction of sp³-hybridized carbons (Fsp3) is 1.00. The summed E-state index contributed by atoms with van der Waals surface area (Å²) in [7, 11) is 0. The van der Waals surface area contributed by atoms with Gasteiger partial charge in [-0.25, -0.2) is 8.78 Å². The highest BCUT2D eigenvalue weighted by Crippen LogP contribution is 2.49. The minimum atomic E-state index is -2.08. The molecule has 3 atom stereocenters. The highest BCUT2D eigenvalue weighted by Gasteiger charge is 2.39. The van der Waals surface area contributed by atoms with Crippen molar-refractivity contribution in [2.45, 2.75) is 45.0 Å². The molecule has 2 bridgehead atoms. The second-order valence-electron chi connectivity index (χ2n) is 4.40. The number of alkyl halides is 2. The van der Waals surface area contributed by atoms with Gasteiger partial charge in [0.15, 0.2) is 0 Å². The normalized spacial score (nSPS) is 39.8. The Bertz CT molecular complexity index is 156. The van der Waals surface area contributed by atoms with Crippen molar-refractivity contribution in [3.05, 3.63) is 0 Å². The SMILES string of the molecule is FC(F)CCC1CC2CCC1C2. The van der Waals surface area contributed by atoms with Crippen molar-refractivity contribution in [2.75, 3.05) is 0 Å². The summed E-state index contributed by atoms with van der Waals surface area (Å²) in [6.45, 7) is 0. The lowest BCUT2D eigenvalue weighted by atomic mass is 9.86. The summed E-state index contributed by atoms with van der Waals surface area (Å²) in [6, 6.07) is 0. The average molecular weight is 174 g/mol. The lowest BCUT2D eigenvalue weighted by Gasteiger charge is -2.20. The predicted molar refractivity (Wildman–Crippen MR) is 44.2 cm³/mol. The summed E-state index contributed by atoms with van der Waals surface area (Å²) in [6.07, 6.45) is 4.11. The number of rotatable bonds is 3. The Morgan fingerprint density at radius 1 is 1.17 bits per heavy atom. The van der Waals surface area contributed by atoms with Gasteiger partial charge in [0.1, 0.15) is 0 Å². The molecular weight excluding hydrogens is 158 g/mol. The van der Waals surface area contributed by atoms with Crippen molar-refractivity contribution in [2.24, 2.45) is 17.8 Å². The largest absolute Gasteiger partial charge is 0.238 e. The molecule has 0 aliphatic heterocycles. The minimum Gasteiger partial charge on any atom is -0.211 e. The summed E-state index contributed by atoms with van der Waals surface area (Å²) < 4.78 is 23.9. The molecule has 2 aliphatic rings.